The van der Waals surface area contributed by atoms with Crippen LogP contribution in [-0.4, -0.2) is 24.8 Å². The lowest BCUT2D eigenvalue weighted by molar-refractivity contribution is 0.628. The van der Waals surface area contributed by atoms with Crippen molar-refractivity contribution in [3.8, 4) is 11.3 Å². The second kappa shape index (κ2) is 5.96. The van der Waals surface area contributed by atoms with Crippen LogP contribution in [0.2, 0.25) is 0 Å². The van der Waals surface area contributed by atoms with Crippen LogP contribution >= 0.6 is 11.3 Å². The molecule has 0 atom stereocenters. The molecule has 0 saturated carbocycles. The monoisotopic (exact) mass is 361 g/mol. The molecule has 5 nitrogen and oxygen atoms in total. The fourth-order valence-corrected chi connectivity index (χ4v) is 3.68. The summed E-state index contributed by atoms with van der Waals surface area (Å²) in [7, 11) is 0. The minimum atomic E-state index is -0.286. The van der Waals surface area contributed by atoms with Gasteiger partial charge in [0.25, 0.3) is 0 Å². The Hall–Kier alpha value is -3.19. The van der Waals surface area contributed by atoms with Crippen LogP contribution in [0.1, 0.15) is 11.4 Å². The summed E-state index contributed by atoms with van der Waals surface area (Å²) in [6.07, 6.45) is 0.606. The van der Waals surface area contributed by atoms with Crippen LogP contribution in [-0.2, 0) is 6.42 Å². The second-order valence-electron chi connectivity index (χ2n) is 5.95. The van der Waals surface area contributed by atoms with Crippen molar-refractivity contribution >= 4 is 27.2 Å². The van der Waals surface area contributed by atoms with E-state index in [4.69, 9.17) is 0 Å². The van der Waals surface area contributed by atoms with Crippen LogP contribution in [0.4, 0.5) is 4.39 Å². The van der Waals surface area contributed by atoms with E-state index in [0.717, 1.165) is 27.2 Å². The van der Waals surface area contributed by atoms with Gasteiger partial charge in [-0.1, -0.05) is 18.2 Å². The zero-order valence-electron chi connectivity index (χ0n) is 13.5. The third kappa shape index (κ3) is 2.62. The predicted octanol–water partition coefficient (Wildman–Crippen LogP) is 4.13. The molecule has 5 aromatic rings. The second-order valence-corrected chi connectivity index (χ2v) is 6.83. The van der Waals surface area contributed by atoms with Crippen LogP contribution in [0.3, 0.4) is 0 Å². The smallest absolute Gasteiger partial charge is 0.177 e. The van der Waals surface area contributed by atoms with Gasteiger partial charge in [0.15, 0.2) is 11.5 Å². The average Bonchev–Trinajstić information content (AvgIpc) is 3.28. The van der Waals surface area contributed by atoms with E-state index in [1.165, 1.54) is 12.1 Å². The number of thiazole rings is 1. The Balaban J connectivity index is 1.56. The number of hydrogen-bond acceptors (Lipinski definition) is 5. The van der Waals surface area contributed by atoms with Crippen molar-refractivity contribution in [2.45, 2.75) is 6.42 Å². The lowest BCUT2D eigenvalue weighted by Crippen LogP contribution is -2.01. The topological polar surface area (TPSA) is 56.0 Å². The number of fused-ring (bicyclic) bond motifs is 2. The van der Waals surface area contributed by atoms with Crippen molar-refractivity contribution in [1.29, 1.82) is 0 Å². The van der Waals surface area contributed by atoms with E-state index >= 15 is 0 Å². The van der Waals surface area contributed by atoms with Crippen molar-refractivity contribution in [2.75, 3.05) is 0 Å². The number of aromatic nitrogens is 5. The zero-order valence-corrected chi connectivity index (χ0v) is 14.3. The normalized spacial score (nSPS) is 11.4. The number of benzene rings is 2. The van der Waals surface area contributed by atoms with Crippen molar-refractivity contribution in [1.82, 2.24) is 24.8 Å². The van der Waals surface area contributed by atoms with Crippen LogP contribution in [0, 0.1) is 5.82 Å². The van der Waals surface area contributed by atoms with Crippen molar-refractivity contribution in [2.24, 2.45) is 0 Å². The fraction of sp³-hybridized carbons (Fsp3) is 0.0526. The summed E-state index contributed by atoms with van der Waals surface area (Å²) in [4.78, 5) is 4.30. The quantitative estimate of drug-likeness (QED) is 0.485. The average molecular weight is 361 g/mol. The van der Waals surface area contributed by atoms with Gasteiger partial charge in [-0.2, -0.15) is 9.61 Å². The molecule has 0 fully saturated rings. The molecule has 3 heterocycles. The molecule has 0 radical (unpaired) electrons. The number of rotatable bonds is 3. The van der Waals surface area contributed by atoms with Gasteiger partial charge in [0.05, 0.1) is 21.4 Å². The third-order valence-corrected chi connectivity index (χ3v) is 5.00. The lowest BCUT2D eigenvalue weighted by Gasteiger charge is -2.04. The largest absolute Gasteiger partial charge is 0.245 e. The molecule has 0 spiro atoms. The van der Waals surface area contributed by atoms with Gasteiger partial charge in [0, 0.05) is 12.0 Å². The summed E-state index contributed by atoms with van der Waals surface area (Å²) in [5, 5.41) is 13.1. The molecule has 3 aromatic heterocycles. The summed E-state index contributed by atoms with van der Waals surface area (Å²) in [5.41, 5.74) is 6.02. The first-order valence-corrected chi connectivity index (χ1v) is 8.94. The first kappa shape index (κ1) is 15.1. The van der Waals surface area contributed by atoms with Crippen molar-refractivity contribution in [3.63, 3.8) is 0 Å². The summed E-state index contributed by atoms with van der Waals surface area (Å²) in [6.45, 7) is 0. The SMILES string of the molecule is Fc1cccc(-c2ccc3nnc(Cc4ccc5ncsc5c4)n3n2)c1. The molecule has 0 N–H and O–H groups in total. The van der Waals surface area contributed by atoms with Crippen molar-refractivity contribution < 1.29 is 4.39 Å². The molecule has 126 valence electrons. The van der Waals surface area contributed by atoms with E-state index in [0.29, 0.717) is 17.8 Å². The summed E-state index contributed by atoms with van der Waals surface area (Å²) < 4.78 is 16.4. The highest BCUT2D eigenvalue weighted by molar-refractivity contribution is 7.16. The standard InChI is InChI=1S/C19H12FN5S/c20-14-3-1-2-13(10-14)15-6-7-18-22-23-19(25(18)24-15)9-12-4-5-16-17(8-12)26-11-21-16/h1-8,10-11H,9H2. The van der Waals surface area contributed by atoms with Gasteiger partial charge in [-0.15, -0.1) is 21.5 Å². The molecule has 26 heavy (non-hydrogen) atoms. The minimum absolute atomic E-state index is 0.286. The maximum atomic E-state index is 13.5. The Kier molecular flexibility index (Phi) is 3.46. The molecular weight excluding hydrogens is 349 g/mol. The Morgan fingerprint density at radius 1 is 1.00 bits per heavy atom. The first-order chi connectivity index (χ1) is 12.8. The highest BCUT2D eigenvalue weighted by Crippen LogP contribution is 2.22. The molecular formula is C19H12FN5S. The summed E-state index contributed by atoms with van der Waals surface area (Å²) in [6, 6.07) is 16.2. The molecule has 0 bridgehead atoms. The zero-order chi connectivity index (χ0) is 17.5. The number of nitrogens with zero attached hydrogens (tertiary/aromatic N) is 5. The summed E-state index contributed by atoms with van der Waals surface area (Å²) in [5.74, 6) is 0.452. The number of hydrogen-bond donors (Lipinski definition) is 0. The third-order valence-electron chi connectivity index (χ3n) is 4.21. The van der Waals surface area contributed by atoms with E-state index in [1.54, 1.807) is 21.9 Å². The lowest BCUT2D eigenvalue weighted by atomic mass is 10.1. The van der Waals surface area contributed by atoms with Gasteiger partial charge in [0.2, 0.25) is 0 Å². The highest BCUT2D eigenvalue weighted by atomic mass is 32.1. The van der Waals surface area contributed by atoms with Gasteiger partial charge >= 0.3 is 0 Å². The van der Waals surface area contributed by atoms with Crippen LogP contribution in [0.25, 0.3) is 27.1 Å². The molecule has 0 aliphatic rings. The van der Waals surface area contributed by atoms with Gasteiger partial charge < -0.3 is 0 Å². The van der Waals surface area contributed by atoms with Gasteiger partial charge in [0.1, 0.15) is 5.82 Å². The minimum Gasteiger partial charge on any atom is -0.245 e. The van der Waals surface area contributed by atoms with Gasteiger partial charge in [-0.3, -0.25) is 0 Å². The van der Waals surface area contributed by atoms with E-state index < -0.39 is 0 Å². The Morgan fingerprint density at radius 2 is 1.96 bits per heavy atom. The van der Waals surface area contributed by atoms with Gasteiger partial charge in [-0.05, 0) is 42.0 Å². The Labute approximate surface area is 151 Å². The molecule has 7 heteroatoms. The molecule has 0 unspecified atom stereocenters. The van der Waals surface area contributed by atoms with Crippen LogP contribution in [0.15, 0.2) is 60.1 Å². The first-order valence-electron chi connectivity index (χ1n) is 8.06. The Bertz CT molecular complexity index is 1240. The van der Waals surface area contributed by atoms with Crippen LogP contribution < -0.4 is 0 Å². The molecule has 0 aliphatic heterocycles. The maximum Gasteiger partial charge on any atom is 0.177 e. The maximum absolute atomic E-state index is 13.5. The molecule has 0 aliphatic carbocycles. The van der Waals surface area contributed by atoms with E-state index in [1.807, 2.05) is 35.8 Å². The molecule has 2 aromatic carbocycles. The summed E-state index contributed by atoms with van der Waals surface area (Å²) >= 11 is 1.61. The predicted molar refractivity (Wildman–Crippen MR) is 98.6 cm³/mol. The van der Waals surface area contributed by atoms with Gasteiger partial charge in [-0.25, -0.2) is 9.37 Å². The van der Waals surface area contributed by atoms with E-state index in [2.05, 4.69) is 26.3 Å². The van der Waals surface area contributed by atoms with Crippen LogP contribution in [0.5, 0.6) is 0 Å². The highest BCUT2D eigenvalue weighted by Gasteiger charge is 2.11. The number of halogens is 1. The Morgan fingerprint density at radius 3 is 2.88 bits per heavy atom. The molecule has 5 rings (SSSR count). The fourth-order valence-electron chi connectivity index (χ4n) is 2.94. The molecule has 0 saturated heterocycles. The van der Waals surface area contributed by atoms with Crippen molar-refractivity contribution in [3.05, 3.63) is 77.3 Å². The molecule has 0 amide bonds. The van der Waals surface area contributed by atoms with E-state index in [-0.39, 0.29) is 5.82 Å². The van der Waals surface area contributed by atoms with E-state index in [9.17, 15) is 4.39 Å².